The SMILES string of the molecule is CC(C)(CCl)C(=O)Nc1cc([N+](=O)[O-])ccc1Br. The van der Waals surface area contributed by atoms with Gasteiger partial charge in [-0.05, 0) is 35.8 Å². The molecule has 0 bridgehead atoms. The summed E-state index contributed by atoms with van der Waals surface area (Å²) in [6.07, 6.45) is 0. The zero-order valence-corrected chi connectivity index (χ0v) is 12.2. The predicted octanol–water partition coefficient (Wildman–Crippen LogP) is 3.56. The summed E-state index contributed by atoms with van der Waals surface area (Å²) in [6.45, 7) is 3.39. The number of hydrogen-bond donors (Lipinski definition) is 1. The molecule has 1 rings (SSSR count). The number of amides is 1. The van der Waals surface area contributed by atoms with Gasteiger partial charge in [0, 0.05) is 22.5 Å². The van der Waals surface area contributed by atoms with Crippen molar-refractivity contribution < 1.29 is 9.72 Å². The van der Waals surface area contributed by atoms with Crippen molar-refractivity contribution >= 4 is 44.8 Å². The van der Waals surface area contributed by atoms with Crippen LogP contribution in [0.25, 0.3) is 0 Å². The maximum Gasteiger partial charge on any atom is 0.271 e. The van der Waals surface area contributed by atoms with Crippen molar-refractivity contribution in [1.29, 1.82) is 0 Å². The Kier molecular flexibility index (Phi) is 4.70. The van der Waals surface area contributed by atoms with E-state index in [2.05, 4.69) is 21.2 Å². The van der Waals surface area contributed by atoms with Gasteiger partial charge in [-0.3, -0.25) is 14.9 Å². The van der Waals surface area contributed by atoms with Crippen LogP contribution in [0.5, 0.6) is 0 Å². The third-order valence-electron chi connectivity index (χ3n) is 2.36. The van der Waals surface area contributed by atoms with Crippen LogP contribution < -0.4 is 5.32 Å². The van der Waals surface area contributed by atoms with Crippen LogP contribution in [0.4, 0.5) is 11.4 Å². The first kappa shape index (κ1) is 14.9. The molecule has 0 saturated carbocycles. The molecule has 98 valence electrons. The highest BCUT2D eigenvalue weighted by atomic mass is 79.9. The number of benzene rings is 1. The number of carbonyl (C=O) groups excluding carboxylic acids is 1. The fourth-order valence-electron chi connectivity index (χ4n) is 1.07. The molecule has 0 fully saturated rings. The largest absolute Gasteiger partial charge is 0.324 e. The molecule has 0 heterocycles. The lowest BCUT2D eigenvalue weighted by atomic mass is 9.95. The normalized spacial score (nSPS) is 11.1. The Labute approximate surface area is 118 Å². The van der Waals surface area contributed by atoms with E-state index in [1.165, 1.54) is 18.2 Å². The summed E-state index contributed by atoms with van der Waals surface area (Å²) < 4.78 is 0.576. The van der Waals surface area contributed by atoms with Crippen molar-refractivity contribution in [3.63, 3.8) is 0 Å². The van der Waals surface area contributed by atoms with E-state index in [9.17, 15) is 14.9 Å². The number of rotatable bonds is 4. The van der Waals surface area contributed by atoms with Crippen LogP contribution >= 0.6 is 27.5 Å². The van der Waals surface area contributed by atoms with Crippen LogP contribution in [0.2, 0.25) is 0 Å². The van der Waals surface area contributed by atoms with Gasteiger partial charge in [0.15, 0.2) is 0 Å². The number of non-ortho nitro benzene ring substituents is 1. The van der Waals surface area contributed by atoms with Crippen molar-refractivity contribution in [1.82, 2.24) is 0 Å². The minimum Gasteiger partial charge on any atom is -0.324 e. The van der Waals surface area contributed by atoms with Crippen LogP contribution in [-0.2, 0) is 4.79 Å². The summed E-state index contributed by atoms with van der Waals surface area (Å²) in [6, 6.07) is 4.17. The number of nitrogens with one attached hydrogen (secondary N) is 1. The number of nitro benzene ring substituents is 1. The van der Waals surface area contributed by atoms with Crippen LogP contribution in [0.15, 0.2) is 22.7 Å². The molecule has 0 saturated heterocycles. The molecule has 0 spiro atoms. The topological polar surface area (TPSA) is 72.2 Å². The monoisotopic (exact) mass is 334 g/mol. The highest BCUT2D eigenvalue weighted by Crippen LogP contribution is 2.29. The van der Waals surface area contributed by atoms with Gasteiger partial charge in [0.25, 0.3) is 5.69 Å². The van der Waals surface area contributed by atoms with Gasteiger partial charge in [-0.25, -0.2) is 0 Å². The Morgan fingerprint density at radius 2 is 2.17 bits per heavy atom. The number of halogens is 2. The molecule has 18 heavy (non-hydrogen) atoms. The fraction of sp³-hybridized carbons (Fsp3) is 0.364. The van der Waals surface area contributed by atoms with Gasteiger partial charge in [0.05, 0.1) is 16.0 Å². The van der Waals surface area contributed by atoms with Gasteiger partial charge < -0.3 is 5.32 Å². The third kappa shape index (κ3) is 3.43. The molecule has 1 aromatic rings. The van der Waals surface area contributed by atoms with Crippen LogP contribution in [0, 0.1) is 15.5 Å². The Morgan fingerprint density at radius 1 is 1.56 bits per heavy atom. The average Bonchev–Trinajstić information content (AvgIpc) is 2.31. The van der Waals surface area contributed by atoms with E-state index in [1.807, 2.05) is 0 Å². The number of hydrogen-bond acceptors (Lipinski definition) is 3. The summed E-state index contributed by atoms with van der Waals surface area (Å²) in [5, 5.41) is 13.3. The first-order valence-corrected chi connectivity index (χ1v) is 6.42. The molecule has 0 aliphatic rings. The second-order valence-electron chi connectivity index (χ2n) is 4.39. The highest BCUT2D eigenvalue weighted by Gasteiger charge is 2.27. The minimum atomic E-state index is -0.744. The Bertz CT molecular complexity index is 491. The Hall–Kier alpha value is -1.14. The second kappa shape index (κ2) is 5.67. The Balaban J connectivity index is 3.01. The Morgan fingerprint density at radius 3 is 2.67 bits per heavy atom. The van der Waals surface area contributed by atoms with Crippen molar-refractivity contribution in [3.8, 4) is 0 Å². The smallest absolute Gasteiger partial charge is 0.271 e. The minimum absolute atomic E-state index is 0.0859. The van der Waals surface area contributed by atoms with Gasteiger partial charge in [-0.2, -0.15) is 0 Å². The third-order valence-corrected chi connectivity index (χ3v) is 3.72. The summed E-state index contributed by atoms with van der Waals surface area (Å²) in [5.74, 6) is -0.135. The average molecular weight is 336 g/mol. The van der Waals surface area contributed by atoms with Crippen LogP contribution in [0.1, 0.15) is 13.8 Å². The van der Waals surface area contributed by atoms with E-state index in [4.69, 9.17) is 11.6 Å². The van der Waals surface area contributed by atoms with E-state index in [1.54, 1.807) is 13.8 Å². The first-order chi connectivity index (χ1) is 8.27. The lowest BCUT2D eigenvalue weighted by molar-refractivity contribution is -0.384. The van der Waals surface area contributed by atoms with Crippen molar-refractivity contribution in [2.24, 2.45) is 5.41 Å². The number of anilines is 1. The summed E-state index contributed by atoms with van der Waals surface area (Å²) in [5.41, 5.74) is -0.476. The molecule has 0 aliphatic heterocycles. The van der Waals surface area contributed by atoms with Crippen LogP contribution in [-0.4, -0.2) is 16.7 Å². The predicted molar refractivity (Wildman–Crippen MR) is 73.9 cm³/mol. The molecular formula is C11H12BrClN2O3. The quantitative estimate of drug-likeness (QED) is 0.519. The lowest BCUT2D eigenvalue weighted by Crippen LogP contribution is -2.32. The van der Waals surface area contributed by atoms with Gasteiger partial charge in [-0.1, -0.05) is 0 Å². The van der Waals surface area contributed by atoms with Gasteiger partial charge >= 0.3 is 0 Å². The molecule has 0 radical (unpaired) electrons. The molecule has 0 atom stereocenters. The van der Waals surface area contributed by atoms with E-state index in [0.717, 1.165) is 0 Å². The first-order valence-electron chi connectivity index (χ1n) is 5.09. The van der Waals surface area contributed by atoms with E-state index >= 15 is 0 Å². The molecular weight excluding hydrogens is 323 g/mol. The van der Waals surface area contributed by atoms with Crippen molar-refractivity contribution in [2.45, 2.75) is 13.8 Å². The number of carbonyl (C=O) groups is 1. The van der Waals surface area contributed by atoms with E-state index < -0.39 is 10.3 Å². The number of nitro groups is 1. The molecule has 1 N–H and O–H groups in total. The summed E-state index contributed by atoms with van der Waals surface area (Å²) in [4.78, 5) is 22.1. The standard InChI is InChI=1S/C11H12BrClN2O3/c1-11(2,6-13)10(16)14-9-5-7(15(17)18)3-4-8(9)12/h3-5H,6H2,1-2H3,(H,14,16). The molecule has 0 aliphatic carbocycles. The van der Waals surface area contributed by atoms with Crippen LogP contribution in [0.3, 0.4) is 0 Å². The second-order valence-corrected chi connectivity index (χ2v) is 5.51. The maximum atomic E-state index is 11.9. The number of alkyl halides is 1. The van der Waals surface area contributed by atoms with E-state index in [-0.39, 0.29) is 17.5 Å². The van der Waals surface area contributed by atoms with E-state index in [0.29, 0.717) is 10.2 Å². The molecule has 0 aromatic heterocycles. The summed E-state index contributed by atoms with van der Waals surface area (Å²) in [7, 11) is 0. The maximum absolute atomic E-state index is 11.9. The molecule has 5 nitrogen and oxygen atoms in total. The van der Waals surface area contributed by atoms with Crippen molar-refractivity contribution in [2.75, 3.05) is 11.2 Å². The zero-order chi connectivity index (χ0) is 13.9. The lowest BCUT2D eigenvalue weighted by Gasteiger charge is -2.20. The highest BCUT2D eigenvalue weighted by molar-refractivity contribution is 9.10. The van der Waals surface area contributed by atoms with Gasteiger partial charge in [-0.15, -0.1) is 11.6 Å². The van der Waals surface area contributed by atoms with Gasteiger partial charge in [0.2, 0.25) is 5.91 Å². The zero-order valence-electron chi connectivity index (χ0n) is 9.87. The molecule has 1 amide bonds. The van der Waals surface area contributed by atoms with Gasteiger partial charge in [0.1, 0.15) is 0 Å². The van der Waals surface area contributed by atoms with Crippen molar-refractivity contribution in [3.05, 3.63) is 32.8 Å². The molecule has 7 heteroatoms. The molecule has 0 unspecified atom stereocenters. The summed E-state index contributed by atoms with van der Waals surface area (Å²) >= 11 is 8.92. The fourth-order valence-corrected chi connectivity index (χ4v) is 1.54. The molecule has 1 aromatic carbocycles. The number of nitrogens with zero attached hydrogens (tertiary/aromatic N) is 1.